The van der Waals surface area contributed by atoms with Crippen LogP contribution < -0.4 is 20.0 Å². The highest BCUT2D eigenvalue weighted by Gasteiger charge is 2.34. The van der Waals surface area contributed by atoms with E-state index in [1.165, 1.54) is 0 Å². The highest BCUT2D eigenvalue weighted by molar-refractivity contribution is 6.32. The molecule has 0 saturated carbocycles. The van der Waals surface area contributed by atoms with Gasteiger partial charge in [0.05, 0.1) is 52.0 Å². The van der Waals surface area contributed by atoms with Crippen molar-refractivity contribution in [2.75, 3.05) is 67.1 Å². The SMILES string of the molecule is C[C@@H]1CN(c2ccc(C#N)c(Cl)c2)[C@@H](C)CN1C(=O)c1cnc(N2CCC(CN3CCC(n4ncc5c(N6CCC(=O)NC6=O)cncc54)CC3)CC2)nc1. The van der Waals surface area contributed by atoms with Crippen molar-refractivity contribution in [1.29, 1.82) is 5.26 Å². The van der Waals surface area contributed by atoms with Gasteiger partial charge < -0.3 is 19.6 Å². The van der Waals surface area contributed by atoms with Gasteiger partial charge in [0, 0.05) is 94.3 Å². The molecule has 0 spiro atoms. The van der Waals surface area contributed by atoms with Crippen molar-refractivity contribution in [2.45, 2.75) is 64.1 Å². The Balaban J connectivity index is 0.807. The second-order valence-corrected chi connectivity index (χ2v) is 15.7. The molecule has 4 aromatic rings. The molecule has 7 heterocycles. The highest BCUT2D eigenvalue weighted by atomic mass is 35.5. The molecular weight excluding hydrogens is 720 g/mol. The number of halogens is 1. The third-order valence-corrected chi connectivity index (χ3v) is 12.0. The topological polar surface area (TPSA) is 160 Å². The van der Waals surface area contributed by atoms with Gasteiger partial charge in [0.2, 0.25) is 11.9 Å². The van der Waals surface area contributed by atoms with Gasteiger partial charge in [0.15, 0.2) is 0 Å². The first-order chi connectivity index (χ1) is 26.7. The summed E-state index contributed by atoms with van der Waals surface area (Å²) in [5.74, 6) is 0.928. The number of fused-ring (bicyclic) bond motifs is 1. The monoisotopic (exact) mass is 764 g/mol. The van der Waals surface area contributed by atoms with Crippen LogP contribution in [-0.2, 0) is 4.79 Å². The minimum atomic E-state index is -0.421. The van der Waals surface area contributed by atoms with Crippen LogP contribution in [0.2, 0.25) is 5.02 Å². The summed E-state index contributed by atoms with van der Waals surface area (Å²) in [7, 11) is 0. The molecule has 4 saturated heterocycles. The number of imide groups is 1. The lowest BCUT2D eigenvalue weighted by Crippen LogP contribution is -2.58. The molecule has 0 radical (unpaired) electrons. The number of hydrogen-bond acceptors (Lipinski definition) is 11. The summed E-state index contributed by atoms with van der Waals surface area (Å²) < 4.78 is 2.06. The molecule has 16 heteroatoms. The maximum Gasteiger partial charge on any atom is 0.328 e. The number of nitriles is 1. The number of anilines is 3. The Morgan fingerprint density at radius 1 is 0.945 bits per heavy atom. The lowest BCUT2D eigenvalue weighted by atomic mass is 9.95. The van der Waals surface area contributed by atoms with E-state index in [9.17, 15) is 19.6 Å². The fourth-order valence-corrected chi connectivity index (χ4v) is 8.79. The van der Waals surface area contributed by atoms with Gasteiger partial charge in [-0.05, 0) is 63.6 Å². The first kappa shape index (κ1) is 36.6. The zero-order valence-corrected chi connectivity index (χ0v) is 31.9. The van der Waals surface area contributed by atoms with Crippen LogP contribution in [0.1, 0.15) is 67.9 Å². The number of amides is 4. The van der Waals surface area contributed by atoms with E-state index in [1.54, 1.807) is 29.6 Å². The molecule has 4 fully saturated rings. The quantitative estimate of drug-likeness (QED) is 0.283. The van der Waals surface area contributed by atoms with E-state index in [4.69, 9.17) is 16.7 Å². The molecule has 3 aromatic heterocycles. The van der Waals surface area contributed by atoms with Crippen molar-refractivity contribution in [1.82, 2.24) is 39.8 Å². The first-order valence-corrected chi connectivity index (χ1v) is 19.5. The van der Waals surface area contributed by atoms with Gasteiger partial charge in [-0.1, -0.05) is 11.6 Å². The molecule has 1 N–H and O–H groups in total. The van der Waals surface area contributed by atoms with Gasteiger partial charge in [0.25, 0.3) is 5.91 Å². The van der Waals surface area contributed by atoms with Crippen molar-refractivity contribution in [2.24, 2.45) is 5.92 Å². The number of urea groups is 1. The molecule has 1 aromatic carbocycles. The Morgan fingerprint density at radius 2 is 1.71 bits per heavy atom. The molecule has 2 atom stereocenters. The number of piperidine rings is 2. The predicted molar refractivity (Wildman–Crippen MR) is 208 cm³/mol. The molecule has 4 aliphatic heterocycles. The molecule has 4 aliphatic rings. The number of carbonyl (C=O) groups is 3. The second kappa shape index (κ2) is 15.4. The van der Waals surface area contributed by atoms with Crippen molar-refractivity contribution in [3.63, 3.8) is 0 Å². The Morgan fingerprint density at radius 3 is 2.42 bits per heavy atom. The lowest BCUT2D eigenvalue weighted by Gasteiger charge is -2.45. The molecule has 0 unspecified atom stereocenters. The van der Waals surface area contributed by atoms with Gasteiger partial charge in [-0.3, -0.25) is 29.5 Å². The lowest BCUT2D eigenvalue weighted by molar-refractivity contribution is -0.120. The summed E-state index contributed by atoms with van der Waals surface area (Å²) >= 11 is 6.31. The summed E-state index contributed by atoms with van der Waals surface area (Å²) in [5, 5.41) is 17.7. The molecular formula is C39H45ClN12O3. The summed E-state index contributed by atoms with van der Waals surface area (Å²) in [5.41, 5.74) is 3.46. The van der Waals surface area contributed by atoms with Crippen LogP contribution in [0.25, 0.3) is 10.9 Å². The number of aromatic nitrogens is 5. The zero-order valence-electron chi connectivity index (χ0n) is 31.1. The Bertz CT molecular complexity index is 2120. The van der Waals surface area contributed by atoms with E-state index >= 15 is 0 Å². The van der Waals surface area contributed by atoms with Crippen LogP contribution in [-0.4, -0.2) is 117 Å². The van der Waals surface area contributed by atoms with E-state index < -0.39 is 6.03 Å². The van der Waals surface area contributed by atoms with Crippen molar-refractivity contribution in [3.8, 4) is 6.07 Å². The molecule has 286 valence electrons. The standard InChI is InChI=1S/C39H45ClN12O3/c1-25-23-51(26(2)22-50(25)31-4-3-28(16-41)33(40)15-31)37(54)29-17-43-38(44-18-29)48-12-5-27(6-13-48)24-47-10-7-30(8-11-47)52-35-21-42-20-34(32(35)19-45-52)49-14-9-36(53)46-39(49)55/h3-4,15,17-21,25-27,30H,5-14,22-24H2,1-2H3,(H,46,53,55)/t25-,26+/m0/s1. The maximum absolute atomic E-state index is 13.6. The van der Waals surface area contributed by atoms with E-state index in [1.807, 2.05) is 36.4 Å². The van der Waals surface area contributed by atoms with Crippen molar-refractivity contribution >= 4 is 57.7 Å². The number of piperazine rings is 1. The minimum Gasteiger partial charge on any atom is -0.365 e. The van der Waals surface area contributed by atoms with E-state index in [2.05, 4.69) is 52.6 Å². The van der Waals surface area contributed by atoms with Crippen molar-refractivity contribution < 1.29 is 14.4 Å². The predicted octanol–water partition coefficient (Wildman–Crippen LogP) is 4.49. The Labute approximate surface area is 324 Å². The second-order valence-electron chi connectivity index (χ2n) is 15.3. The molecule has 4 amide bonds. The first-order valence-electron chi connectivity index (χ1n) is 19.2. The number of hydrogen-bond donors (Lipinski definition) is 1. The summed E-state index contributed by atoms with van der Waals surface area (Å²) in [6.07, 6.45) is 13.0. The highest BCUT2D eigenvalue weighted by Crippen LogP contribution is 2.33. The number of carbonyl (C=O) groups excluding carboxylic acids is 3. The number of nitrogens with zero attached hydrogens (tertiary/aromatic N) is 11. The Hall–Kier alpha value is -5.33. The van der Waals surface area contributed by atoms with Crippen LogP contribution in [0.5, 0.6) is 0 Å². The summed E-state index contributed by atoms with van der Waals surface area (Å²) in [4.78, 5) is 62.0. The minimum absolute atomic E-state index is 0.0382. The van der Waals surface area contributed by atoms with Gasteiger partial charge in [-0.2, -0.15) is 10.4 Å². The molecule has 0 aliphatic carbocycles. The smallest absolute Gasteiger partial charge is 0.328 e. The molecule has 55 heavy (non-hydrogen) atoms. The van der Waals surface area contributed by atoms with Crippen LogP contribution in [0.4, 0.5) is 22.1 Å². The third-order valence-electron chi connectivity index (χ3n) is 11.7. The number of pyridine rings is 1. The van der Waals surface area contributed by atoms with Gasteiger partial charge >= 0.3 is 6.03 Å². The third kappa shape index (κ3) is 7.40. The number of nitrogens with one attached hydrogen (secondary N) is 1. The number of likely N-dealkylation sites (tertiary alicyclic amines) is 1. The average molecular weight is 765 g/mol. The largest absolute Gasteiger partial charge is 0.365 e. The summed E-state index contributed by atoms with van der Waals surface area (Å²) in [6, 6.07) is 7.44. The van der Waals surface area contributed by atoms with Gasteiger partial charge in [0.1, 0.15) is 6.07 Å². The maximum atomic E-state index is 13.6. The fourth-order valence-electron chi connectivity index (χ4n) is 8.58. The molecule has 0 bridgehead atoms. The van der Waals surface area contributed by atoms with Crippen LogP contribution in [0.3, 0.4) is 0 Å². The number of rotatable bonds is 7. The molecule has 8 rings (SSSR count). The van der Waals surface area contributed by atoms with Crippen LogP contribution >= 0.6 is 11.6 Å². The van der Waals surface area contributed by atoms with E-state index in [0.717, 1.165) is 75.0 Å². The summed E-state index contributed by atoms with van der Waals surface area (Å²) in [6.45, 7) is 10.5. The Kier molecular flexibility index (Phi) is 10.3. The molecule has 15 nitrogen and oxygen atoms in total. The van der Waals surface area contributed by atoms with Crippen LogP contribution in [0.15, 0.2) is 49.2 Å². The van der Waals surface area contributed by atoms with Gasteiger partial charge in [-0.15, -0.1) is 0 Å². The zero-order chi connectivity index (χ0) is 38.2. The van der Waals surface area contributed by atoms with E-state index in [-0.39, 0.29) is 36.4 Å². The van der Waals surface area contributed by atoms with Gasteiger partial charge in [-0.25, -0.2) is 14.8 Å². The average Bonchev–Trinajstić information content (AvgIpc) is 3.64. The fraction of sp³-hybridized carbons (Fsp3) is 0.487. The van der Waals surface area contributed by atoms with Crippen molar-refractivity contribution in [3.05, 3.63) is 65.3 Å². The number of benzene rings is 1. The van der Waals surface area contributed by atoms with Crippen LogP contribution in [0, 0.1) is 17.2 Å². The normalized spacial score (nSPS) is 21.9. The van der Waals surface area contributed by atoms with E-state index in [0.29, 0.717) is 53.3 Å².